The molecule has 132 valence electrons. The maximum Gasteiger partial charge on any atom is 0.193 e. The fourth-order valence-corrected chi connectivity index (χ4v) is 3.10. The Morgan fingerprint density at radius 1 is 1.12 bits per heavy atom. The maximum atomic E-state index is 6.01. The van der Waals surface area contributed by atoms with Gasteiger partial charge in [0, 0.05) is 29.3 Å². The van der Waals surface area contributed by atoms with Crippen LogP contribution in [0.25, 0.3) is 10.9 Å². The lowest BCUT2D eigenvalue weighted by Crippen LogP contribution is -2.23. The average Bonchev–Trinajstić information content (AvgIpc) is 2.91. The largest absolute Gasteiger partial charge is 0.370 e. The van der Waals surface area contributed by atoms with Crippen molar-refractivity contribution in [2.24, 2.45) is 10.7 Å². The van der Waals surface area contributed by atoms with Crippen LogP contribution in [-0.2, 0) is 6.42 Å². The Labute approximate surface area is 165 Å². The van der Waals surface area contributed by atoms with Gasteiger partial charge in [-0.2, -0.15) is 0 Å². The molecule has 0 aliphatic carbocycles. The zero-order valence-corrected chi connectivity index (χ0v) is 17.2. The van der Waals surface area contributed by atoms with Crippen molar-refractivity contribution < 1.29 is 0 Å². The molecule has 1 heterocycles. The summed E-state index contributed by atoms with van der Waals surface area (Å²) in [6.07, 6.45) is 2.93. The number of aryl methyl sites for hydroxylation is 3. The highest BCUT2D eigenvalue weighted by molar-refractivity contribution is 14.0. The van der Waals surface area contributed by atoms with Crippen LogP contribution < -0.4 is 11.1 Å². The van der Waals surface area contributed by atoms with Crippen molar-refractivity contribution >= 4 is 46.5 Å². The second kappa shape index (κ2) is 8.38. The summed E-state index contributed by atoms with van der Waals surface area (Å²) in [7, 11) is 0. The lowest BCUT2D eigenvalue weighted by Gasteiger charge is -2.08. The van der Waals surface area contributed by atoms with E-state index in [2.05, 4.69) is 78.7 Å². The van der Waals surface area contributed by atoms with Gasteiger partial charge in [0.25, 0.3) is 0 Å². The summed E-state index contributed by atoms with van der Waals surface area (Å²) in [5, 5.41) is 4.44. The van der Waals surface area contributed by atoms with Gasteiger partial charge in [-0.25, -0.2) is 0 Å². The number of hydrogen-bond donors (Lipinski definition) is 3. The molecule has 4 nitrogen and oxygen atoms in total. The highest BCUT2D eigenvalue weighted by Gasteiger charge is 2.05. The number of anilines is 1. The molecule has 1 aromatic heterocycles. The number of nitrogens with two attached hydrogens (primary N) is 1. The van der Waals surface area contributed by atoms with Gasteiger partial charge in [-0.15, -0.1) is 24.0 Å². The predicted octanol–water partition coefficient (Wildman–Crippen LogP) is 4.68. The molecule has 0 radical (unpaired) electrons. The molecule has 4 N–H and O–H groups in total. The Hall–Kier alpha value is -2.02. The Morgan fingerprint density at radius 3 is 2.56 bits per heavy atom. The van der Waals surface area contributed by atoms with E-state index in [4.69, 9.17) is 5.73 Å². The number of halogens is 1. The zero-order chi connectivity index (χ0) is 17.1. The molecule has 0 saturated carbocycles. The lowest BCUT2D eigenvalue weighted by atomic mass is 10.1. The Kier molecular flexibility index (Phi) is 6.47. The molecule has 0 saturated heterocycles. The molecular formula is C20H25IN4. The van der Waals surface area contributed by atoms with Crippen molar-refractivity contribution in [1.82, 2.24) is 4.98 Å². The first-order valence-corrected chi connectivity index (χ1v) is 8.24. The number of nitrogens with zero attached hydrogens (tertiary/aromatic N) is 1. The number of hydrogen-bond acceptors (Lipinski definition) is 1. The molecule has 3 aromatic rings. The molecule has 2 aromatic carbocycles. The van der Waals surface area contributed by atoms with Crippen LogP contribution in [0.4, 0.5) is 5.69 Å². The van der Waals surface area contributed by atoms with Gasteiger partial charge in [0.05, 0.1) is 0 Å². The number of rotatable bonds is 4. The molecule has 0 aliphatic heterocycles. The second-order valence-corrected chi connectivity index (χ2v) is 6.33. The van der Waals surface area contributed by atoms with Crippen molar-refractivity contribution in [1.29, 1.82) is 0 Å². The summed E-state index contributed by atoms with van der Waals surface area (Å²) in [5.41, 5.74) is 13.2. The van der Waals surface area contributed by atoms with E-state index < -0.39 is 0 Å². The van der Waals surface area contributed by atoms with E-state index in [-0.39, 0.29) is 24.0 Å². The van der Waals surface area contributed by atoms with E-state index in [1.54, 1.807) is 0 Å². The molecule has 5 heteroatoms. The molecule has 3 rings (SSSR count). The van der Waals surface area contributed by atoms with Crippen LogP contribution >= 0.6 is 24.0 Å². The van der Waals surface area contributed by atoms with Crippen LogP contribution in [0, 0.1) is 20.8 Å². The summed E-state index contributed by atoms with van der Waals surface area (Å²) < 4.78 is 0. The fraction of sp³-hybridized carbons (Fsp3) is 0.250. The quantitative estimate of drug-likeness (QED) is 0.308. The summed E-state index contributed by atoms with van der Waals surface area (Å²) in [6, 6.07) is 12.6. The summed E-state index contributed by atoms with van der Waals surface area (Å²) in [5.74, 6) is 0.455. The first-order chi connectivity index (χ1) is 11.5. The molecule has 0 aliphatic rings. The number of nitrogens with one attached hydrogen (secondary N) is 2. The lowest BCUT2D eigenvalue weighted by molar-refractivity contribution is 0.972. The van der Waals surface area contributed by atoms with Gasteiger partial charge in [-0.1, -0.05) is 24.3 Å². The van der Waals surface area contributed by atoms with Crippen LogP contribution in [0.1, 0.15) is 22.3 Å². The first kappa shape index (κ1) is 19.3. The van der Waals surface area contributed by atoms with Crippen molar-refractivity contribution in [3.63, 3.8) is 0 Å². The topological polar surface area (TPSA) is 66.2 Å². The van der Waals surface area contributed by atoms with Gasteiger partial charge < -0.3 is 16.0 Å². The minimum atomic E-state index is 0. The third-order valence-corrected chi connectivity index (χ3v) is 4.17. The highest BCUT2D eigenvalue weighted by Crippen LogP contribution is 2.21. The van der Waals surface area contributed by atoms with E-state index >= 15 is 0 Å². The van der Waals surface area contributed by atoms with E-state index in [1.807, 2.05) is 0 Å². The van der Waals surface area contributed by atoms with Gasteiger partial charge in [0.2, 0.25) is 0 Å². The molecule has 0 spiro atoms. The molecule has 25 heavy (non-hydrogen) atoms. The smallest absolute Gasteiger partial charge is 0.193 e. The summed E-state index contributed by atoms with van der Waals surface area (Å²) in [6.45, 7) is 6.92. The standard InChI is InChI=1S/C20H24N4.HI/c1-13-9-14(2)11-17(10-13)24-20(21)22-8-7-16-12-23-19-15(3)5-4-6-18(16)19;/h4-6,9-12,23H,7-8H2,1-3H3,(H3,21,22,24);1H. The normalized spacial score (nSPS) is 11.4. The number of fused-ring (bicyclic) bond motifs is 1. The average molecular weight is 448 g/mol. The molecule has 0 unspecified atom stereocenters. The third-order valence-electron chi connectivity index (χ3n) is 4.17. The zero-order valence-electron chi connectivity index (χ0n) is 14.9. The molecule has 0 atom stereocenters. The minimum absolute atomic E-state index is 0. The number of aromatic nitrogens is 1. The van der Waals surface area contributed by atoms with E-state index in [0.717, 1.165) is 12.1 Å². The number of H-pyrrole nitrogens is 1. The number of guanidine groups is 1. The Bertz CT molecular complexity index is 876. The number of aromatic amines is 1. The highest BCUT2D eigenvalue weighted by atomic mass is 127. The number of aliphatic imine (C=N–C) groups is 1. The van der Waals surface area contributed by atoms with Crippen molar-refractivity contribution in [3.8, 4) is 0 Å². The van der Waals surface area contributed by atoms with Crippen LogP contribution in [0.15, 0.2) is 47.6 Å². The summed E-state index contributed by atoms with van der Waals surface area (Å²) in [4.78, 5) is 7.80. The molecule has 0 fully saturated rings. The first-order valence-electron chi connectivity index (χ1n) is 8.24. The maximum absolute atomic E-state index is 6.01. The van der Waals surface area contributed by atoms with Crippen LogP contribution in [-0.4, -0.2) is 17.5 Å². The predicted molar refractivity (Wildman–Crippen MR) is 118 cm³/mol. The fourth-order valence-electron chi connectivity index (χ4n) is 3.10. The van der Waals surface area contributed by atoms with Gasteiger partial charge in [0.1, 0.15) is 0 Å². The van der Waals surface area contributed by atoms with Gasteiger partial charge in [-0.3, -0.25) is 4.99 Å². The van der Waals surface area contributed by atoms with E-state index in [1.165, 1.54) is 33.2 Å². The minimum Gasteiger partial charge on any atom is -0.370 e. The third kappa shape index (κ3) is 4.75. The van der Waals surface area contributed by atoms with Crippen molar-refractivity contribution in [2.75, 3.05) is 11.9 Å². The Balaban J connectivity index is 0.00000225. The number of para-hydroxylation sites is 1. The number of benzene rings is 2. The van der Waals surface area contributed by atoms with Crippen LogP contribution in [0.3, 0.4) is 0 Å². The van der Waals surface area contributed by atoms with Crippen molar-refractivity contribution in [3.05, 3.63) is 64.8 Å². The Morgan fingerprint density at radius 2 is 1.84 bits per heavy atom. The van der Waals surface area contributed by atoms with Gasteiger partial charge in [0.15, 0.2) is 5.96 Å². The summed E-state index contributed by atoms with van der Waals surface area (Å²) >= 11 is 0. The monoisotopic (exact) mass is 448 g/mol. The van der Waals surface area contributed by atoms with Crippen LogP contribution in [0.2, 0.25) is 0 Å². The van der Waals surface area contributed by atoms with E-state index in [9.17, 15) is 0 Å². The van der Waals surface area contributed by atoms with E-state index in [0.29, 0.717) is 12.5 Å². The molecular weight excluding hydrogens is 423 g/mol. The molecule has 0 bridgehead atoms. The van der Waals surface area contributed by atoms with Crippen molar-refractivity contribution in [2.45, 2.75) is 27.2 Å². The molecule has 0 amide bonds. The van der Waals surface area contributed by atoms with Gasteiger partial charge >= 0.3 is 0 Å². The SMILES string of the molecule is Cc1cc(C)cc(NC(N)=NCCc2c[nH]c3c(C)cccc23)c1.I. The van der Waals surface area contributed by atoms with Gasteiger partial charge in [-0.05, 0) is 61.6 Å². The second-order valence-electron chi connectivity index (χ2n) is 6.33. The van der Waals surface area contributed by atoms with Crippen LogP contribution in [0.5, 0.6) is 0 Å².